The van der Waals surface area contributed by atoms with Crippen molar-refractivity contribution < 1.29 is 66.3 Å². The van der Waals surface area contributed by atoms with Crippen molar-refractivity contribution in [1.82, 2.24) is 0 Å². The van der Waals surface area contributed by atoms with E-state index in [1.807, 2.05) is 127 Å². The Morgan fingerprint density at radius 2 is 1.18 bits per heavy atom. The molecule has 1 radical (unpaired) electrons. The van der Waals surface area contributed by atoms with E-state index >= 15 is 0 Å². The van der Waals surface area contributed by atoms with Crippen LogP contribution in [0.5, 0.6) is 0 Å². The largest absolute Gasteiger partial charge is 0.508 e. The number of ether oxygens (including phenoxy) is 10. The van der Waals surface area contributed by atoms with Crippen molar-refractivity contribution in [1.29, 1.82) is 0 Å². The Hall–Kier alpha value is -5.46. The van der Waals surface area contributed by atoms with Gasteiger partial charge in [-0.05, 0) is 38.9 Å². The first kappa shape index (κ1) is 45.7. The fourth-order valence-corrected chi connectivity index (χ4v) is 9.00. The van der Waals surface area contributed by atoms with Gasteiger partial charge in [-0.1, -0.05) is 140 Å². The summed E-state index contributed by atoms with van der Waals surface area (Å²) in [6.07, 6.45) is -11.4. The summed E-state index contributed by atoms with van der Waals surface area (Å²) < 4.78 is 75.5. The Labute approximate surface area is 384 Å². The standard InChI is InChI=1S/C51H52BO14/c1-32(53)61-43-41(30-56-26-33-16-6-3-7-17-33)63-50(64-48-45(57-27-34-18-8-4-9-19-34)44-42(31-60-52-66-44)62-49(48)55-2)47(58-28-35-20-10-5-11-21-35)46(43)65-51(54)59-29-40-38-24-14-12-22-36(38)37-23-13-15-25-39(37)40/h3-25,40-50H,26-31H2,1-2H3/t41-,42-,43+,44+,45+,46+,47-,48-,49-,50-/m1/s1. The molecule has 66 heavy (non-hydrogen) atoms. The smallest absolute Gasteiger partial charge is 0.456 e. The predicted octanol–water partition coefficient (Wildman–Crippen LogP) is 7.07. The van der Waals surface area contributed by atoms with Gasteiger partial charge in [0.2, 0.25) is 0 Å². The summed E-state index contributed by atoms with van der Waals surface area (Å²) in [5.41, 5.74) is 6.84. The number of carbonyl (C=O) groups excluding carboxylic acids is 2. The fourth-order valence-electron chi connectivity index (χ4n) is 9.00. The maximum Gasteiger partial charge on any atom is 0.508 e. The lowest BCUT2D eigenvalue weighted by molar-refractivity contribution is -0.374. The van der Waals surface area contributed by atoms with Crippen LogP contribution < -0.4 is 0 Å². The number of carbonyl (C=O) groups is 2. The van der Waals surface area contributed by atoms with Crippen molar-refractivity contribution in [2.45, 2.75) is 94.1 Å². The van der Waals surface area contributed by atoms with Gasteiger partial charge in [-0.25, -0.2) is 4.79 Å². The molecule has 14 nitrogen and oxygen atoms in total. The van der Waals surface area contributed by atoms with E-state index in [9.17, 15) is 9.59 Å². The zero-order chi connectivity index (χ0) is 45.2. The lowest BCUT2D eigenvalue weighted by atomic mass is 9.95. The van der Waals surface area contributed by atoms with Crippen LogP contribution in [0.3, 0.4) is 0 Å². The molecule has 0 aromatic heterocycles. The molecule has 343 valence electrons. The van der Waals surface area contributed by atoms with Crippen LogP contribution in [0.4, 0.5) is 4.79 Å². The normalized spacial score (nSPS) is 26.8. The molecule has 5 aromatic rings. The van der Waals surface area contributed by atoms with Gasteiger partial charge in [-0.3, -0.25) is 4.79 Å². The molecular weight excluding hydrogens is 847 g/mol. The molecule has 4 aliphatic rings. The van der Waals surface area contributed by atoms with Crippen molar-refractivity contribution in [3.05, 3.63) is 167 Å². The monoisotopic (exact) mass is 899 g/mol. The molecule has 3 fully saturated rings. The fraction of sp³-hybridized carbons (Fsp3) is 0.373. The molecule has 0 spiro atoms. The topological polar surface area (TPSA) is 145 Å². The van der Waals surface area contributed by atoms with E-state index < -0.39 is 73.5 Å². The summed E-state index contributed by atoms with van der Waals surface area (Å²) in [7, 11) is 2.76. The molecular formula is C51H52BO14. The highest BCUT2D eigenvalue weighted by Gasteiger charge is 2.56. The number of methoxy groups -OCH3 is 1. The first-order valence-corrected chi connectivity index (χ1v) is 22.1. The van der Waals surface area contributed by atoms with Crippen molar-refractivity contribution in [3.63, 3.8) is 0 Å². The summed E-state index contributed by atoms with van der Waals surface area (Å²) in [4.78, 5) is 27.2. The Morgan fingerprint density at radius 1 is 0.606 bits per heavy atom. The molecule has 1 aliphatic carbocycles. The molecule has 15 heteroatoms. The van der Waals surface area contributed by atoms with E-state index in [4.69, 9.17) is 56.7 Å². The van der Waals surface area contributed by atoms with Crippen LogP contribution in [0.25, 0.3) is 11.1 Å². The summed E-state index contributed by atoms with van der Waals surface area (Å²) >= 11 is 0. The van der Waals surface area contributed by atoms with Gasteiger partial charge >= 0.3 is 19.8 Å². The minimum Gasteiger partial charge on any atom is -0.456 e. The molecule has 0 saturated carbocycles. The summed E-state index contributed by atoms with van der Waals surface area (Å²) in [6, 6.07) is 44.8. The minimum atomic E-state index is -1.35. The van der Waals surface area contributed by atoms with Crippen molar-refractivity contribution in [2.24, 2.45) is 0 Å². The van der Waals surface area contributed by atoms with E-state index in [0.29, 0.717) is 0 Å². The van der Waals surface area contributed by atoms with Gasteiger partial charge in [0.25, 0.3) is 0 Å². The first-order valence-electron chi connectivity index (χ1n) is 22.1. The average Bonchev–Trinajstić information content (AvgIpc) is 3.67. The third-order valence-electron chi connectivity index (χ3n) is 12.1. The molecule has 3 aliphatic heterocycles. The molecule has 9 rings (SSSR count). The Kier molecular flexibility index (Phi) is 15.2. The second kappa shape index (κ2) is 21.9. The van der Waals surface area contributed by atoms with Crippen molar-refractivity contribution in [3.8, 4) is 11.1 Å². The number of esters is 1. The van der Waals surface area contributed by atoms with Crippen LogP contribution >= 0.6 is 0 Å². The average molecular weight is 900 g/mol. The van der Waals surface area contributed by atoms with Crippen molar-refractivity contribution in [2.75, 3.05) is 26.9 Å². The lowest BCUT2D eigenvalue weighted by Crippen LogP contribution is -2.67. The van der Waals surface area contributed by atoms with Crippen LogP contribution in [0.1, 0.15) is 40.7 Å². The number of fused-ring (bicyclic) bond motifs is 4. The maximum absolute atomic E-state index is 14.2. The third kappa shape index (κ3) is 10.7. The van der Waals surface area contributed by atoms with E-state index in [1.54, 1.807) is 0 Å². The Bertz CT molecular complexity index is 2290. The molecule has 0 amide bonds. The highest BCUT2D eigenvalue weighted by atomic mass is 16.8. The van der Waals surface area contributed by atoms with Crippen LogP contribution in [-0.4, -0.2) is 108 Å². The maximum atomic E-state index is 14.2. The predicted molar refractivity (Wildman–Crippen MR) is 237 cm³/mol. The molecule has 0 N–H and O–H groups in total. The quantitative estimate of drug-likeness (QED) is 0.0693. The molecule has 3 saturated heterocycles. The van der Waals surface area contributed by atoms with Gasteiger partial charge in [0.1, 0.15) is 37.1 Å². The number of rotatable bonds is 17. The van der Waals surface area contributed by atoms with E-state index in [-0.39, 0.29) is 45.6 Å². The third-order valence-corrected chi connectivity index (χ3v) is 12.1. The second-order valence-corrected chi connectivity index (χ2v) is 16.4. The van der Waals surface area contributed by atoms with Gasteiger partial charge < -0.3 is 56.7 Å². The van der Waals surface area contributed by atoms with Crippen LogP contribution in [-0.2, 0) is 81.3 Å². The van der Waals surface area contributed by atoms with Crippen molar-refractivity contribution >= 4 is 19.8 Å². The van der Waals surface area contributed by atoms with Gasteiger partial charge in [0.15, 0.2) is 24.8 Å². The highest BCUT2D eigenvalue weighted by molar-refractivity contribution is 6.18. The molecule has 3 heterocycles. The van der Waals surface area contributed by atoms with Gasteiger partial charge in [0.05, 0.1) is 39.1 Å². The van der Waals surface area contributed by atoms with Gasteiger partial charge in [-0.2, -0.15) is 0 Å². The first-order chi connectivity index (χ1) is 32.4. The number of hydrogen-bond donors (Lipinski definition) is 0. The minimum absolute atomic E-state index is 0.0218. The summed E-state index contributed by atoms with van der Waals surface area (Å²) in [5, 5.41) is 0. The highest BCUT2D eigenvalue weighted by Crippen LogP contribution is 2.45. The lowest BCUT2D eigenvalue weighted by Gasteiger charge is -2.50. The van der Waals surface area contributed by atoms with E-state index in [0.717, 1.165) is 38.9 Å². The summed E-state index contributed by atoms with van der Waals surface area (Å²) in [6.45, 7) is 1.77. The zero-order valence-corrected chi connectivity index (χ0v) is 36.7. The van der Waals surface area contributed by atoms with Crippen LogP contribution in [0, 0.1) is 0 Å². The van der Waals surface area contributed by atoms with E-state index in [2.05, 4.69) is 12.1 Å². The number of hydrogen-bond acceptors (Lipinski definition) is 14. The van der Waals surface area contributed by atoms with Crippen LogP contribution in [0.15, 0.2) is 140 Å². The zero-order valence-electron chi connectivity index (χ0n) is 36.7. The van der Waals surface area contributed by atoms with Gasteiger partial charge in [-0.15, -0.1) is 0 Å². The molecule has 5 aromatic carbocycles. The Balaban J connectivity index is 1.04. The van der Waals surface area contributed by atoms with Crippen LogP contribution in [0.2, 0.25) is 0 Å². The van der Waals surface area contributed by atoms with E-state index in [1.165, 1.54) is 21.7 Å². The van der Waals surface area contributed by atoms with Gasteiger partial charge in [0, 0.05) is 20.0 Å². The second-order valence-electron chi connectivity index (χ2n) is 16.4. The molecule has 10 atom stereocenters. The molecule has 0 unspecified atom stereocenters. The SMILES string of the molecule is CO[C@@H]1O[C@@H]2CO[B]O[C@@H]2[C@H](OCc2ccccc2)[C@H]1O[C@H]1O[C@H](COCc2ccccc2)[C@H](OC(C)=O)[C@H](OC(=O)OCC2c3ccccc3-c3ccccc32)[C@H]1OCc1ccccc1. The number of benzene rings is 5. The Morgan fingerprint density at radius 3 is 1.79 bits per heavy atom. The molecule has 0 bridgehead atoms. The summed E-state index contributed by atoms with van der Waals surface area (Å²) in [5.74, 6) is -0.893.